The van der Waals surface area contributed by atoms with E-state index in [2.05, 4.69) is 27.5 Å². The third-order valence-electron chi connectivity index (χ3n) is 4.43. The largest absolute Gasteiger partial charge is 0.357 e. The van der Waals surface area contributed by atoms with Gasteiger partial charge in [-0.3, -0.25) is 9.20 Å². The first-order valence-corrected chi connectivity index (χ1v) is 10.9. The second-order valence-corrected chi connectivity index (χ2v) is 8.69. The minimum Gasteiger partial charge on any atom is -0.357 e. The van der Waals surface area contributed by atoms with Crippen LogP contribution in [0.2, 0.25) is 5.15 Å². The summed E-state index contributed by atoms with van der Waals surface area (Å²) in [6, 6.07) is 4.14. The molecule has 2 N–H and O–H groups in total. The lowest BCUT2D eigenvalue weighted by molar-refractivity contribution is 0.413. The quantitative estimate of drug-likeness (QED) is 0.431. The van der Waals surface area contributed by atoms with Crippen LogP contribution in [0.3, 0.4) is 0 Å². The Kier molecular flexibility index (Phi) is 8.68. The number of halogens is 1. The molecule has 0 radical (unpaired) electrons. The van der Waals surface area contributed by atoms with Gasteiger partial charge in [0.05, 0.1) is 0 Å². The fourth-order valence-electron chi connectivity index (χ4n) is 3.12. The van der Waals surface area contributed by atoms with Gasteiger partial charge in [0.25, 0.3) is 0 Å². The highest BCUT2D eigenvalue weighted by molar-refractivity contribution is 7.85. The molecule has 1 aliphatic rings. The van der Waals surface area contributed by atoms with E-state index in [1.807, 2.05) is 13.0 Å². The molecule has 3 unspecified atom stereocenters. The van der Waals surface area contributed by atoms with E-state index in [4.69, 9.17) is 11.6 Å². The summed E-state index contributed by atoms with van der Waals surface area (Å²) < 4.78 is 12.1. The van der Waals surface area contributed by atoms with Crippen LogP contribution in [0.5, 0.6) is 0 Å². The van der Waals surface area contributed by atoms with Gasteiger partial charge in [-0.1, -0.05) is 31.0 Å². The van der Waals surface area contributed by atoms with Crippen LogP contribution < -0.4 is 10.6 Å². The summed E-state index contributed by atoms with van der Waals surface area (Å²) in [5.41, 5.74) is 1.13. The van der Waals surface area contributed by atoms with Crippen LogP contribution >= 0.6 is 11.6 Å². The third-order valence-corrected chi connectivity index (χ3v) is 6.39. The van der Waals surface area contributed by atoms with E-state index in [1.54, 1.807) is 12.3 Å². The van der Waals surface area contributed by atoms with Crippen molar-refractivity contribution < 1.29 is 4.21 Å². The summed E-state index contributed by atoms with van der Waals surface area (Å²) in [5.74, 6) is 1.60. The lowest BCUT2D eigenvalue weighted by Crippen LogP contribution is -2.46. The molecule has 2 rings (SSSR count). The van der Waals surface area contributed by atoms with Crippen molar-refractivity contribution in [3.63, 3.8) is 0 Å². The molecule has 0 saturated heterocycles. The van der Waals surface area contributed by atoms with Gasteiger partial charge in [0.2, 0.25) is 0 Å². The van der Waals surface area contributed by atoms with Gasteiger partial charge in [-0.2, -0.15) is 0 Å². The Hall–Kier alpha value is -1.14. The number of hydrogen-bond acceptors (Lipinski definition) is 3. The molecule has 5 nitrogen and oxygen atoms in total. The molecule has 0 aromatic carbocycles. The molecule has 0 bridgehead atoms. The number of guanidine groups is 1. The molecule has 25 heavy (non-hydrogen) atoms. The fourth-order valence-corrected chi connectivity index (χ4v) is 4.57. The maximum absolute atomic E-state index is 12.1. The molecule has 3 atom stereocenters. The minimum absolute atomic E-state index is 0.319. The third kappa shape index (κ3) is 6.94. The van der Waals surface area contributed by atoms with Crippen LogP contribution in [0.1, 0.15) is 45.1 Å². The van der Waals surface area contributed by atoms with E-state index >= 15 is 0 Å². The van der Waals surface area contributed by atoms with Crippen molar-refractivity contribution >= 4 is 28.4 Å². The second kappa shape index (κ2) is 10.8. The van der Waals surface area contributed by atoms with Crippen molar-refractivity contribution in [1.29, 1.82) is 0 Å². The smallest absolute Gasteiger partial charge is 0.191 e. The Morgan fingerprint density at radius 2 is 2.24 bits per heavy atom. The number of hydrogen-bond donors (Lipinski definition) is 2. The van der Waals surface area contributed by atoms with Crippen LogP contribution in [-0.2, 0) is 17.2 Å². The van der Waals surface area contributed by atoms with Gasteiger partial charge < -0.3 is 10.6 Å². The number of aromatic nitrogens is 1. The summed E-state index contributed by atoms with van der Waals surface area (Å²) in [5, 5.41) is 7.67. The van der Waals surface area contributed by atoms with Crippen LogP contribution in [0.15, 0.2) is 23.3 Å². The highest BCUT2D eigenvalue weighted by atomic mass is 35.5. The Balaban J connectivity index is 1.88. The molecule has 7 heteroatoms. The first-order chi connectivity index (χ1) is 12.1. The molecule has 140 valence electrons. The molecular weight excluding hydrogens is 356 g/mol. The Bertz CT molecular complexity index is 579. The first kappa shape index (κ1) is 20.2. The Labute approximate surface area is 158 Å². The summed E-state index contributed by atoms with van der Waals surface area (Å²) in [6.45, 7) is 5.58. The standard InChI is InChI=1S/C18H29ClN4OS/c1-3-20-18(21-11-10-14-8-9-17(19)22-13-14)23-15-6-5-7-16(12-15)25(24)4-2/h8-9,13,15-16H,3-7,10-12H2,1-2H3,(H2,20,21,23). The molecule has 0 amide bonds. The normalized spacial score (nSPS) is 22.4. The molecule has 0 spiro atoms. The topological polar surface area (TPSA) is 66.4 Å². The second-order valence-electron chi connectivity index (χ2n) is 6.30. The van der Waals surface area contributed by atoms with E-state index in [-0.39, 0.29) is 0 Å². The average molecular weight is 385 g/mol. The van der Waals surface area contributed by atoms with Crippen molar-refractivity contribution in [2.24, 2.45) is 4.99 Å². The van der Waals surface area contributed by atoms with E-state index < -0.39 is 10.8 Å². The number of aliphatic imine (C=N–C) groups is 1. The van der Waals surface area contributed by atoms with Crippen LogP contribution in [0, 0.1) is 0 Å². The van der Waals surface area contributed by atoms with Gasteiger partial charge in [-0.05, 0) is 44.2 Å². The number of pyridine rings is 1. The Morgan fingerprint density at radius 3 is 2.92 bits per heavy atom. The monoisotopic (exact) mass is 384 g/mol. The maximum Gasteiger partial charge on any atom is 0.191 e. The molecule has 1 saturated carbocycles. The number of nitrogens with zero attached hydrogens (tertiary/aromatic N) is 2. The van der Waals surface area contributed by atoms with Crippen molar-refractivity contribution in [3.05, 3.63) is 29.0 Å². The lowest BCUT2D eigenvalue weighted by Gasteiger charge is -2.30. The van der Waals surface area contributed by atoms with Crippen molar-refractivity contribution in [1.82, 2.24) is 15.6 Å². The summed E-state index contributed by atoms with van der Waals surface area (Å²) >= 11 is 5.81. The zero-order chi connectivity index (χ0) is 18.1. The van der Waals surface area contributed by atoms with E-state index in [1.165, 1.54) is 0 Å². The van der Waals surface area contributed by atoms with Crippen molar-refractivity contribution in [3.8, 4) is 0 Å². The van der Waals surface area contributed by atoms with Crippen LogP contribution in [0.25, 0.3) is 0 Å². The van der Waals surface area contributed by atoms with Gasteiger partial charge in [-0.25, -0.2) is 4.98 Å². The predicted octanol–water partition coefficient (Wildman–Crippen LogP) is 2.91. The molecule has 0 aliphatic heterocycles. The predicted molar refractivity (Wildman–Crippen MR) is 107 cm³/mol. The van der Waals surface area contributed by atoms with Crippen LogP contribution in [-0.4, -0.2) is 45.3 Å². The van der Waals surface area contributed by atoms with E-state index in [0.717, 1.165) is 55.9 Å². The van der Waals surface area contributed by atoms with Crippen molar-refractivity contribution in [2.75, 3.05) is 18.8 Å². The number of rotatable bonds is 7. The molecule has 1 aliphatic carbocycles. The van der Waals surface area contributed by atoms with Gasteiger partial charge >= 0.3 is 0 Å². The van der Waals surface area contributed by atoms with Crippen molar-refractivity contribution in [2.45, 2.75) is 57.2 Å². The summed E-state index contributed by atoms with van der Waals surface area (Å²) in [6.07, 6.45) is 6.91. The molecule has 1 heterocycles. The first-order valence-electron chi connectivity index (χ1n) is 9.14. The maximum atomic E-state index is 12.1. The van der Waals surface area contributed by atoms with Gasteiger partial charge in [0.15, 0.2) is 5.96 Å². The SMILES string of the molecule is CCNC(=NCCc1ccc(Cl)nc1)NC1CCCC(S(=O)CC)C1. The van der Waals surface area contributed by atoms with Gasteiger partial charge in [-0.15, -0.1) is 0 Å². The zero-order valence-corrected chi connectivity index (χ0v) is 16.7. The Morgan fingerprint density at radius 1 is 1.40 bits per heavy atom. The molecule has 1 fully saturated rings. The minimum atomic E-state index is -0.703. The fraction of sp³-hybridized carbons (Fsp3) is 0.667. The number of nitrogens with one attached hydrogen (secondary N) is 2. The average Bonchev–Trinajstić information content (AvgIpc) is 2.63. The summed E-state index contributed by atoms with van der Waals surface area (Å²) in [7, 11) is -0.703. The van der Waals surface area contributed by atoms with E-state index in [0.29, 0.717) is 23.0 Å². The molecule has 1 aromatic heterocycles. The van der Waals surface area contributed by atoms with Crippen LogP contribution in [0.4, 0.5) is 0 Å². The van der Waals surface area contributed by atoms with E-state index in [9.17, 15) is 4.21 Å². The highest BCUT2D eigenvalue weighted by Crippen LogP contribution is 2.23. The zero-order valence-electron chi connectivity index (χ0n) is 15.1. The molecular formula is C18H29ClN4OS. The van der Waals surface area contributed by atoms with Gasteiger partial charge in [0.1, 0.15) is 5.15 Å². The highest BCUT2D eigenvalue weighted by Gasteiger charge is 2.25. The van der Waals surface area contributed by atoms with Gasteiger partial charge in [0, 0.05) is 47.1 Å². The lowest BCUT2D eigenvalue weighted by atomic mass is 9.95. The summed E-state index contributed by atoms with van der Waals surface area (Å²) in [4.78, 5) is 8.77. The molecule has 1 aromatic rings.